The molecule has 6 nitrogen and oxygen atoms in total. The van der Waals surface area contributed by atoms with Crippen LogP contribution < -0.4 is 19.5 Å². The Morgan fingerprint density at radius 1 is 1.07 bits per heavy atom. The zero-order valence-electron chi connectivity index (χ0n) is 24.2. The van der Waals surface area contributed by atoms with Gasteiger partial charge in [0.2, 0.25) is 0 Å². The van der Waals surface area contributed by atoms with Gasteiger partial charge in [0.1, 0.15) is 30.5 Å². The first-order valence-electron chi connectivity index (χ1n) is 14.1. The molecule has 214 valence electrons. The van der Waals surface area contributed by atoms with Gasteiger partial charge in [0.15, 0.2) is 0 Å². The maximum atomic E-state index is 11.1. The first-order chi connectivity index (χ1) is 19.4. The molecule has 2 aliphatic rings. The second kappa shape index (κ2) is 14.0. The van der Waals surface area contributed by atoms with E-state index in [-0.39, 0.29) is 18.4 Å². The van der Waals surface area contributed by atoms with Crippen molar-refractivity contribution in [3.8, 4) is 28.4 Å². The van der Waals surface area contributed by atoms with Crippen LogP contribution in [0.4, 0.5) is 0 Å². The molecule has 2 heterocycles. The normalized spacial score (nSPS) is 16.7. The van der Waals surface area contributed by atoms with Crippen LogP contribution in [0.15, 0.2) is 48.5 Å². The van der Waals surface area contributed by atoms with Gasteiger partial charge in [0, 0.05) is 23.1 Å². The Hall–Kier alpha value is -3.16. The van der Waals surface area contributed by atoms with E-state index in [0.717, 1.165) is 35.6 Å². The fourth-order valence-corrected chi connectivity index (χ4v) is 6.01. The van der Waals surface area contributed by atoms with Gasteiger partial charge in [-0.3, -0.25) is 4.79 Å². The molecule has 2 unspecified atom stereocenters. The van der Waals surface area contributed by atoms with Crippen LogP contribution in [0.25, 0.3) is 11.1 Å². The van der Waals surface area contributed by atoms with Gasteiger partial charge >= 0.3 is 5.97 Å². The first kappa shape index (κ1) is 29.8. The quantitative estimate of drug-likeness (QED) is 0.237. The van der Waals surface area contributed by atoms with Crippen LogP contribution in [0.2, 0.25) is 0 Å². The highest BCUT2D eigenvalue weighted by Gasteiger charge is 2.29. The van der Waals surface area contributed by atoms with E-state index in [9.17, 15) is 4.79 Å². The fraction of sp³-hybridized carbons (Fsp3) is 0.424. The van der Waals surface area contributed by atoms with Crippen LogP contribution in [0.5, 0.6) is 17.2 Å². The predicted octanol–water partition coefficient (Wildman–Crippen LogP) is 7.30. The minimum Gasteiger partial charge on any atom is -0.492 e. The fourth-order valence-electron chi connectivity index (χ4n) is 5.58. The number of carboxylic acid groups (broad SMARTS) is 1. The monoisotopic (exact) mass is 563 g/mol. The summed E-state index contributed by atoms with van der Waals surface area (Å²) in [6.45, 7) is 10.8. The second-order valence-electron chi connectivity index (χ2n) is 10.1. The number of aryl methyl sites for hydroxylation is 1. The molecule has 2 aliphatic heterocycles. The van der Waals surface area contributed by atoms with E-state index in [0.29, 0.717) is 31.3 Å². The van der Waals surface area contributed by atoms with Crippen molar-refractivity contribution in [2.75, 3.05) is 31.8 Å². The summed E-state index contributed by atoms with van der Waals surface area (Å²) >= 11 is 1.88. The topological polar surface area (TPSA) is 77.0 Å². The average molecular weight is 564 g/mol. The number of carbonyl (C=O) groups is 1. The number of hydrogen-bond acceptors (Lipinski definition) is 6. The lowest BCUT2D eigenvalue weighted by Gasteiger charge is -2.18. The first-order valence-corrected chi connectivity index (χ1v) is 15.5. The number of hydrogen-bond donors (Lipinski definition) is 2. The van der Waals surface area contributed by atoms with E-state index in [1.165, 1.54) is 27.8 Å². The molecule has 0 bridgehead atoms. The molecule has 5 rings (SSSR count). The van der Waals surface area contributed by atoms with Crippen molar-refractivity contribution < 1.29 is 24.1 Å². The largest absolute Gasteiger partial charge is 0.492 e. The summed E-state index contributed by atoms with van der Waals surface area (Å²) in [5, 5.41) is 12.8. The Kier molecular flexibility index (Phi) is 10.4. The molecule has 3 aromatic carbocycles. The van der Waals surface area contributed by atoms with Crippen LogP contribution in [-0.4, -0.2) is 42.8 Å². The van der Waals surface area contributed by atoms with Crippen molar-refractivity contribution in [2.45, 2.75) is 59.1 Å². The summed E-state index contributed by atoms with van der Waals surface area (Å²) < 4.78 is 17.9. The average Bonchev–Trinajstić information content (AvgIpc) is 3.54. The van der Waals surface area contributed by atoms with Gasteiger partial charge in [-0.25, -0.2) is 0 Å². The van der Waals surface area contributed by atoms with Gasteiger partial charge in [0.05, 0.1) is 19.1 Å². The number of nitrogens with one attached hydrogen (secondary N) is 1. The second-order valence-corrected chi connectivity index (χ2v) is 11.0. The van der Waals surface area contributed by atoms with Crippen LogP contribution in [0, 0.1) is 13.8 Å². The lowest BCUT2D eigenvalue weighted by Crippen LogP contribution is -2.24. The van der Waals surface area contributed by atoms with E-state index < -0.39 is 5.97 Å². The number of fused-ring (bicyclic) bond motifs is 2. The number of thioether (sulfide) groups is 1. The molecule has 2 N–H and O–H groups in total. The molecule has 40 heavy (non-hydrogen) atoms. The van der Waals surface area contributed by atoms with Crippen molar-refractivity contribution >= 4 is 17.7 Å². The van der Waals surface area contributed by atoms with Gasteiger partial charge in [0.25, 0.3) is 0 Å². The van der Waals surface area contributed by atoms with Gasteiger partial charge in [-0.2, -0.15) is 11.8 Å². The molecular weight excluding hydrogens is 522 g/mol. The zero-order valence-corrected chi connectivity index (χ0v) is 25.0. The van der Waals surface area contributed by atoms with E-state index >= 15 is 0 Å². The van der Waals surface area contributed by atoms with Gasteiger partial charge in [-0.15, -0.1) is 0 Å². The molecular formula is C33H41NO5S. The molecule has 0 amide bonds. The van der Waals surface area contributed by atoms with Crippen LogP contribution >= 0.6 is 11.8 Å². The lowest BCUT2D eigenvalue weighted by molar-refractivity contribution is -0.137. The van der Waals surface area contributed by atoms with Crippen LogP contribution in [0.1, 0.15) is 66.5 Å². The third kappa shape index (κ3) is 6.76. The molecule has 0 aliphatic carbocycles. The van der Waals surface area contributed by atoms with Crippen molar-refractivity contribution in [3.63, 3.8) is 0 Å². The third-order valence-electron chi connectivity index (χ3n) is 7.36. The maximum Gasteiger partial charge on any atom is 0.304 e. The molecule has 2 atom stereocenters. The Labute approximate surface area is 242 Å². The molecule has 0 fully saturated rings. The highest BCUT2D eigenvalue weighted by molar-refractivity contribution is 7.98. The van der Waals surface area contributed by atoms with E-state index in [1.54, 1.807) is 0 Å². The highest BCUT2D eigenvalue weighted by atomic mass is 32.2. The summed E-state index contributed by atoms with van der Waals surface area (Å²) in [6, 6.07) is 16.6. The Balaban J connectivity index is 0.00000181. The number of aliphatic carboxylic acids is 1. The summed E-state index contributed by atoms with van der Waals surface area (Å²) in [5.74, 6) is 2.65. The van der Waals surface area contributed by atoms with Gasteiger partial charge in [-0.05, 0) is 84.8 Å². The molecule has 0 saturated heterocycles. The Morgan fingerprint density at radius 3 is 2.65 bits per heavy atom. The highest BCUT2D eigenvalue weighted by Crippen LogP contribution is 2.42. The molecule has 0 radical (unpaired) electrons. The van der Waals surface area contributed by atoms with Gasteiger partial charge in [-0.1, -0.05) is 38.1 Å². The van der Waals surface area contributed by atoms with Crippen molar-refractivity contribution in [2.24, 2.45) is 0 Å². The Bertz CT molecular complexity index is 1320. The standard InChI is InChI=1S/C31H35NO5S.C2H6/c1-19-12-28-31(26(18-37-28)32-10-5-11-38-3)20(2)30(19)22-7-4-6-21(13-22)16-35-24-8-9-25-23(14-29(33)34)17-36-27(25)15-24;1-2/h4,6-9,12-13,15,23,26,32H,5,10-11,14,16-18H2,1-3H3,(H,33,34);1-2H3. The molecule has 0 spiro atoms. The van der Waals surface area contributed by atoms with Gasteiger partial charge < -0.3 is 24.6 Å². The van der Waals surface area contributed by atoms with E-state index in [1.807, 2.05) is 43.8 Å². The number of rotatable bonds is 11. The summed E-state index contributed by atoms with van der Waals surface area (Å²) in [6.07, 6.45) is 3.36. The summed E-state index contributed by atoms with van der Waals surface area (Å²) in [4.78, 5) is 11.1. The molecule has 0 saturated carbocycles. The van der Waals surface area contributed by atoms with Crippen LogP contribution in [0.3, 0.4) is 0 Å². The predicted molar refractivity (Wildman–Crippen MR) is 163 cm³/mol. The van der Waals surface area contributed by atoms with Crippen LogP contribution in [-0.2, 0) is 11.4 Å². The van der Waals surface area contributed by atoms with E-state index in [4.69, 9.17) is 19.3 Å². The SMILES string of the molecule is CC.CSCCCNC1COc2cc(C)c(-c3cccc(COc4ccc5c(c4)OCC5CC(=O)O)c3)c(C)c21. The molecule has 0 aromatic heterocycles. The third-order valence-corrected chi connectivity index (χ3v) is 8.06. The summed E-state index contributed by atoms with van der Waals surface area (Å²) in [5.41, 5.74) is 8.18. The lowest BCUT2D eigenvalue weighted by atomic mass is 9.89. The van der Waals surface area contributed by atoms with Crippen molar-refractivity contribution in [1.82, 2.24) is 5.32 Å². The molecule has 7 heteroatoms. The number of ether oxygens (including phenoxy) is 3. The zero-order chi connectivity index (χ0) is 28.6. The van der Waals surface area contributed by atoms with Crippen molar-refractivity contribution in [1.29, 1.82) is 0 Å². The number of carboxylic acids is 1. The summed E-state index contributed by atoms with van der Waals surface area (Å²) in [7, 11) is 0. The minimum absolute atomic E-state index is 0.0719. The van der Waals surface area contributed by atoms with Crippen molar-refractivity contribution in [3.05, 3.63) is 76.3 Å². The smallest absolute Gasteiger partial charge is 0.304 e. The number of benzene rings is 3. The minimum atomic E-state index is -0.814. The Morgan fingerprint density at radius 2 is 1.88 bits per heavy atom. The maximum absolute atomic E-state index is 11.1. The molecule has 3 aromatic rings. The van der Waals surface area contributed by atoms with E-state index in [2.05, 4.69) is 55.8 Å².